The van der Waals surface area contributed by atoms with E-state index in [1.165, 1.54) is 7.11 Å². The number of amides is 1. The topological polar surface area (TPSA) is 65.1 Å². The van der Waals surface area contributed by atoms with Crippen LogP contribution in [0.25, 0.3) is 0 Å². The quantitative estimate of drug-likeness (QED) is 0.400. The fraction of sp³-hybridized carbons (Fsp3) is 0.545. The van der Waals surface area contributed by atoms with Crippen molar-refractivity contribution < 1.29 is 23.8 Å². The van der Waals surface area contributed by atoms with Crippen LogP contribution in [0.4, 0.5) is 5.69 Å². The van der Waals surface area contributed by atoms with Gasteiger partial charge in [0.2, 0.25) is 0 Å². The van der Waals surface area contributed by atoms with Crippen molar-refractivity contribution in [3.63, 3.8) is 0 Å². The van der Waals surface area contributed by atoms with E-state index in [1.807, 2.05) is 0 Å². The first-order valence-electron chi connectivity index (χ1n) is 9.47. The van der Waals surface area contributed by atoms with Crippen LogP contribution in [0.1, 0.15) is 42.6 Å². The molecule has 1 amide bonds. The molecular formula is C22H31NO5S. The number of ether oxygens (including phenoxy) is 3. The average molecular weight is 422 g/mol. The van der Waals surface area contributed by atoms with E-state index < -0.39 is 21.6 Å². The number of unbranched alkanes of at least 4 members (excludes halogenated alkanes) is 1. The summed E-state index contributed by atoms with van der Waals surface area (Å²) < 4.78 is 16.1. The van der Waals surface area contributed by atoms with Gasteiger partial charge in [0.15, 0.2) is 5.60 Å². The number of hydrogen-bond donors (Lipinski definition) is 0. The second kappa shape index (κ2) is 9.10. The molecule has 0 radical (unpaired) electrons. The Balaban J connectivity index is 2.56. The van der Waals surface area contributed by atoms with Crippen molar-refractivity contribution >= 4 is 27.6 Å². The first-order valence-corrected chi connectivity index (χ1v) is 12.3. The van der Waals surface area contributed by atoms with Gasteiger partial charge in [-0.05, 0) is 62.8 Å². The number of fused-ring (bicyclic) bond motifs is 1. The molecule has 0 aliphatic carbocycles. The number of methoxy groups -OCH3 is 2. The van der Waals surface area contributed by atoms with Crippen molar-refractivity contribution in [3.8, 4) is 16.9 Å². The molecule has 0 fully saturated rings. The van der Waals surface area contributed by atoms with Gasteiger partial charge in [-0.1, -0.05) is 5.92 Å². The van der Waals surface area contributed by atoms with Crippen LogP contribution in [0.3, 0.4) is 0 Å². The molecule has 0 spiro atoms. The lowest BCUT2D eigenvalue weighted by Gasteiger charge is -2.39. The van der Waals surface area contributed by atoms with E-state index in [0.717, 1.165) is 12.8 Å². The minimum absolute atomic E-state index is 0.142. The lowest BCUT2D eigenvalue weighted by atomic mass is 9.99. The van der Waals surface area contributed by atoms with Gasteiger partial charge < -0.3 is 19.1 Å². The second-order valence-corrected chi connectivity index (χ2v) is 12.1. The molecule has 1 aliphatic heterocycles. The zero-order valence-corrected chi connectivity index (χ0v) is 19.2. The zero-order valence-electron chi connectivity index (χ0n) is 18.4. The number of carbonyl (C=O) groups excluding carboxylic acids is 2. The first kappa shape index (κ1) is 23.1. The van der Waals surface area contributed by atoms with E-state index >= 15 is 0 Å². The average Bonchev–Trinajstić information content (AvgIpc) is 2.64. The van der Waals surface area contributed by atoms with Crippen LogP contribution >= 0.6 is 10.0 Å². The molecule has 29 heavy (non-hydrogen) atoms. The molecule has 1 aromatic carbocycles. The van der Waals surface area contributed by atoms with Crippen LogP contribution in [0.15, 0.2) is 12.1 Å². The van der Waals surface area contributed by atoms with E-state index in [9.17, 15) is 9.59 Å². The van der Waals surface area contributed by atoms with Crippen molar-refractivity contribution in [2.75, 3.05) is 51.0 Å². The highest BCUT2D eigenvalue weighted by Crippen LogP contribution is 2.40. The molecule has 1 heterocycles. The maximum atomic E-state index is 13.0. The Morgan fingerprint density at radius 3 is 2.48 bits per heavy atom. The fourth-order valence-corrected chi connectivity index (χ4v) is 3.36. The van der Waals surface area contributed by atoms with Crippen molar-refractivity contribution in [1.29, 1.82) is 0 Å². The molecule has 160 valence electrons. The lowest BCUT2D eigenvalue weighted by Crippen LogP contribution is -2.52. The third-order valence-corrected chi connectivity index (χ3v) is 5.11. The van der Waals surface area contributed by atoms with Crippen LogP contribution in [-0.2, 0) is 14.3 Å². The highest BCUT2D eigenvalue weighted by molar-refractivity contribution is 8.35. The molecule has 7 heteroatoms. The molecule has 6 nitrogen and oxygen atoms in total. The third-order valence-electron chi connectivity index (χ3n) is 4.39. The van der Waals surface area contributed by atoms with Crippen molar-refractivity contribution in [3.05, 3.63) is 23.3 Å². The summed E-state index contributed by atoms with van der Waals surface area (Å²) in [5.41, 5.74) is 0.449. The highest BCUT2D eigenvalue weighted by atomic mass is 32.3. The molecule has 1 aromatic rings. The molecule has 0 aromatic heterocycles. The van der Waals surface area contributed by atoms with Gasteiger partial charge in [0.05, 0.1) is 18.4 Å². The van der Waals surface area contributed by atoms with Crippen molar-refractivity contribution in [2.45, 2.75) is 32.3 Å². The highest BCUT2D eigenvalue weighted by Gasteiger charge is 2.41. The van der Waals surface area contributed by atoms with Crippen LogP contribution in [0.5, 0.6) is 5.75 Å². The molecule has 2 rings (SSSR count). The van der Waals surface area contributed by atoms with Crippen molar-refractivity contribution in [1.82, 2.24) is 0 Å². The van der Waals surface area contributed by atoms with E-state index in [1.54, 1.807) is 38.0 Å². The summed E-state index contributed by atoms with van der Waals surface area (Å²) >= 11 is 0. The number of carbonyl (C=O) groups is 2. The molecule has 0 atom stereocenters. The Labute approximate surface area is 175 Å². The molecule has 1 aliphatic rings. The Morgan fingerprint density at radius 2 is 1.90 bits per heavy atom. The Hall–Kier alpha value is -2.17. The Morgan fingerprint density at radius 1 is 1.21 bits per heavy atom. The van der Waals surface area contributed by atoms with Gasteiger partial charge in [0.25, 0.3) is 5.91 Å². The molecule has 0 saturated carbocycles. The SMILES string of the molecule is COCCCCN1C(=O)C(C)(C)Oc2cc(C#CS(C)(C)C)c(C(=O)OC)cc21. The molecular weight excluding hydrogens is 390 g/mol. The van der Waals surface area contributed by atoms with Gasteiger partial charge in [-0.3, -0.25) is 4.79 Å². The van der Waals surface area contributed by atoms with Gasteiger partial charge in [-0.15, -0.1) is 0 Å². The van der Waals surface area contributed by atoms with Crippen LogP contribution in [0.2, 0.25) is 0 Å². The second-order valence-electron chi connectivity index (χ2n) is 8.19. The molecule has 0 unspecified atom stereocenters. The van der Waals surface area contributed by atoms with E-state index in [0.29, 0.717) is 35.7 Å². The van der Waals surface area contributed by atoms with E-state index in [4.69, 9.17) is 14.2 Å². The predicted molar refractivity (Wildman–Crippen MR) is 118 cm³/mol. The standard InChI is InChI=1S/C22H31NO5S/c1-22(2)21(25)23(11-8-9-12-26-3)18-15-17(20(24)27-4)16(14-19(18)28-22)10-13-29(5,6)7/h14-15H,8-9,11-12H2,1-7H3. The van der Waals surface area contributed by atoms with E-state index in [-0.39, 0.29) is 5.91 Å². The Kier molecular flexibility index (Phi) is 7.25. The summed E-state index contributed by atoms with van der Waals surface area (Å²) in [7, 11) is 1.91. The van der Waals surface area contributed by atoms with Gasteiger partial charge in [-0.25, -0.2) is 4.79 Å². The summed E-state index contributed by atoms with van der Waals surface area (Å²) in [5.74, 6) is 3.03. The summed E-state index contributed by atoms with van der Waals surface area (Å²) in [6.07, 6.45) is 7.85. The predicted octanol–water partition coefficient (Wildman–Crippen LogP) is 3.41. The number of hydrogen-bond acceptors (Lipinski definition) is 5. The van der Waals surface area contributed by atoms with Crippen LogP contribution in [0, 0.1) is 11.2 Å². The molecule has 0 saturated heterocycles. The lowest BCUT2D eigenvalue weighted by molar-refractivity contribution is -0.132. The number of benzene rings is 1. The van der Waals surface area contributed by atoms with E-state index in [2.05, 4.69) is 29.9 Å². The first-order chi connectivity index (χ1) is 13.5. The summed E-state index contributed by atoms with van der Waals surface area (Å²) in [4.78, 5) is 27.1. The maximum Gasteiger partial charge on any atom is 0.339 e. The largest absolute Gasteiger partial charge is 0.476 e. The van der Waals surface area contributed by atoms with Gasteiger partial charge in [0, 0.05) is 25.8 Å². The monoisotopic (exact) mass is 421 g/mol. The van der Waals surface area contributed by atoms with Gasteiger partial charge in [-0.2, -0.15) is 10.0 Å². The van der Waals surface area contributed by atoms with Crippen LogP contribution in [-0.4, -0.2) is 63.6 Å². The molecule has 0 N–H and O–H groups in total. The maximum absolute atomic E-state index is 13.0. The normalized spacial score (nSPS) is 15.7. The minimum Gasteiger partial charge on any atom is -0.476 e. The summed E-state index contributed by atoms with van der Waals surface area (Å²) in [6.45, 7) is 4.64. The fourth-order valence-electron chi connectivity index (χ4n) is 2.94. The molecule has 0 bridgehead atoms. The zero-order chi connectivity index (χ0) is 21.8. The summed E-state index contributed by atoms with van der Waals surface area (Å²) in [5, 5.41) is 3.23. The number of rotatable bonds is 6. The Bertz CT molecular complexity index is 845. The number of esters is 1. The van der Waals surface area contributed by atoms with Crippen molar-refractivity contribution in [2.24, 2.45) is 0 Å². The van der Waals surface area contributed by atoms with Gasteiger partial charge >= 0.3 is 5.97 Å². The van der Waals surface area contributed by atoms with Crippen LogP contribution < -0.4 is 9.64 Å². The third kappa shape index (κ3) is 5.68. The number of nitrogens with zero attached hydrogens (tertiary/aromatic N) is 1. The number of anilines is 1. The summed E-state index contributed by atoms with van der Waals surface area (Å²) in [6, 6.07) is 3.41. The van der Waals surface area contributed by atoms with Gasteiger partial charge in [0.1, 0.15) is 5.75 Å². The smallest absolute Gasteiger partial charge is 0.339 e. The minimum atomic E-state index is -1.08.